The van der Waals surface area contributed by atoms with E-state index in [4.69, 9.17) is 4.74 Å². The fraction of sp³-hybridized carbons (Fsp3) is 0.923. The first-order valence-electron chi connectivity index (χ1n) is 13.0. The van der Waals surface area contributed by atoms with E-state index >= 15 is 0 Å². The summed E-state index contributed by atoms with van der Waals surface area (Å²) in [6.07, 6.45) is 15.6. The van der Waals surface area contributed by atoms with E-state index < -0.39 is 0 Å². The minimum absolute atomic E-state index is 0.103. The van der Waals surface area contributed by atoms with Gasteiger partial charge in [0.25, 0.3) is 0 Å². The number of hydrogen-bond donors (Lipinski definition) is 1. The molecule has 172 valence electrons. The summed E-state index contributed by atoms with van der Waals surface area (Å²) in [5.74, 6) is 2.38. The fourth-order valence-electron chi connectivity index (χ4n) is 10.0. The number of rotatable bonds is 2. The molecule has 0 aromatic carbocycles. The highest BCUT2D eigenvalue weighted by Crippen LogP contribution is 2.83. The van der Waals surface area contributed by atoms with E-state index in [0.29, 0.717) is 16.9 Å². The number of piperidine rings is 1. The summed E-state index contributed by atoms with van der Waals surface area (Å²) in [4.78, 5) is 14.1. The number of carbonyl (C=O) groups is 1. The van der Waals surface area contributed by atoms with Crippen molar-refractivity contribution in [1.29, 1.82) is 0 Å². The molecule has 0 aromatic rings. The van der Waals surface area contributed by atoms with Crippen LogP contribution in [0.5, 0.6) is 0 Å². The maximum Gasteiger partial charge on any atom is 0.302 e. The molecule has 1 N–H and O–H groups in total. The van der Waals surface area contributed by atoms with Crippen LogP contribution in [0.1, 0.15) is 90.9 Å². The van der Waals surface area contributed by atoms with Crippen molar-refractivity contribution in [3.8, 4) is 0 Å². The highest BCUT2D eigenvalue weighted by molar-refractivity contribution is 5.92. The van der Waals surface area contributed by atoms with Crippen molar-refractivity contribution in [2.75, 3.05) is 13.1 Å². The first kappa shape index (κ1) is 20.5. The first-order chi connectivity index (χ1) is 14.9. The van der Waals surface area contributed by atoms with Gasteiger partial charge in [0.1, 0.15) is 6.10 Å². The molecule has 1 aliphatic heterocycles. The third-order valence-electron chi connectivity index (χ3n) is 11.4. The Balaban J connectivity index is 1.17. The molecule has 6 aliphatic rings. The Bertz CT molecular complexity index is 798. The quantitative estimate of drug-likeness (QED) is 0.381. The molecule has 5 saturated carbocycles. The number of esters is 1. The average molecular weight is 429 g/mol. The van der Waals surface area contributed by atoms with E-state index in [1.807, 2.05) is 0 Å². The maximum absolute atomic E-state index is 11.5. The van der Waals surface area contributed by atoms with Gasteiger partial charge < -0.3 is 9.94 Å². The van der Waals surface area contributed by atoms with Crippen molar-refractivity contribution >= 4 is 11.7 Å². The number of hydrogen-bond acceptors (Lipinski definition) is 5. The summed E-state index contributed by atoms with van der Waals surface area (Å²) in [6, 6.07) is 0.694. The molecule has 1 unspecified atom stereocenters. The van der Waals surface area contributed by atoms with Crippen LogP contribution in [0.3, 0.4) is 0 Å². The van der Waals surface area contributed by atoms with Gasteiger partial charge >= 0.3 is 5.97 Å². The van der Waals surface area contributed by atoms with Gasteiger partial charge in [-0.05, 0) is 112 Å². The van der Waals surface area contributed by atoms with Gasteiger partial charge in [0.15, 0.2) is 0 Å². The van der Waals surface area contributed by atoms with Crippen molar-refractivity contribution in [1.82, 2.24) is 4.90 Å². The van der Waals surface area contributed by atoms with Gasteiger partial charge in [-0.2, -0.15) is 0 Å². The second kappa shape index (κ2) is 6.95. The molecule has 0 aromatic heterocycles. The maximum atomic E-state index is 11.5. The van der Waals surface area contributed by atoms with Gasteiger partial charge in [0.05, 0.1) is 5.71 Å². The van der Waals surface area contributed by atoms with E-state index in [1.165, 1.54) is 64.3 Å². The molecule has 1 heterocycles. The van der Waals surface area contributed by atoms with Crippen molar-refractivity contribution in [2.45, 2.75) is 103 Å². The molecule has 31 heavy (non-hydrogen) atoms. The van der Waals surface area contributed by atoms with Crippen LogP contribution >= 0.6 is 0 Å². The second-order valence-electron chi connectivity index (χ2n) is 12.3. The van der Waals surface area contributed by atoms with Gasteiger partial charge in [-0.1, -0.05) is 12.1 Å². The number of oxime groups is 1. The highest BCUT2D eigenvalue weighted by Gasteiger charge is 2.75. The number of fused-ring (bicyclic) bond motifs is 3. The molecule has 0 amide bonds. The summed E-state index contributed by atoms with van der Waals surface area (Å²) in [7, 11) is 0. The Morgan fingerprint density at radius 3 is 2.81 bits per heavy atom. The number of ether oxygens (including phenoxy) is 1. The normalized spacial score (nSPS) is 52.6. The van der Waals surface area contributed by atoms with Gasteiger partial charge in [0, 0.05) is 24.9 Å². The van der Waals surface area contributed by atoms with Crippen LogP contribution in [-0.4, -0.2) is 47.0 Å². The third-order valence-corrected chi connectivity index (χ3v) is 11.4. The van der Waals surface area contributed by atoms with Crippen molar-refractivity contribution in [2.24, 2.45) is 39.2 Å². The Morgan fingerprint density at radius 2 is 2.00 bits per heavy atom. The minimum atomic E-state index is -0.126. The van der Waals surface area contributed by atoms with Crippen LogP contribution in [0.15, 0.2) is 5.16 Å². The second-order valence-corrected chi connectivity index (χ2v) is 12.3. The van der Waals surface area contributed by atoms with Crippen LogP contribution < -0.4 is 0 Å². The van der Waals surface area contributed by atoms with Crippen LogP contribution in [0.25, 0.3) is 0 Å². The Labute approximate surface area is 187 Å². The Kier molecular flexibility index (Phi) is 4.60. The predicted molar refractivity (Wildman–Crippen MR) is 119 cm³/mol. The standard InChI is InChI=1S/C26H40N2O3/c1-17(29)31-19-4-3-13-28(15-19)18-7-12-26-16-25(26,14-18)11-8-20-21-5-6-23(27-30)24(21,2)10-9-22(20)26/h18-22,30H,3-16H2,1-2H3/t18?,19-,20+,21+,22+,24+,25-,26+/m1/s1. The summed E-state index contributed by atoms with van der Waals surface area (Å²) in [5.41, 5.74) is 2.49. The van der Waals surface area contributed by atoms with Crippen LogP contribution in [0.4, 0.5) is 0 Å². The predicted octanol–water partition coefficient (Wildman–Crippen LogP) is 5.01. The van der Waals surface area contributed by atoms with Gasteiger partial charge in [-0.3, -0.25) is 9.69 Å². The lowest BCUT2D eigenvalue weighted by Gasteiger charge is -2.55. The zero-order valence-corrected chi connectivity index (χ0v) is 19.4. The van der Waals surface area contributed by atoms with Crippen molar-refractivity contribution in [3.63, 3.8) is 0 Å². The molecular weight excluding hydrogens is 388 g/mol. The van der Waals surface area contributed by atoms with Gasteiger partial charge in [0.2, 0.25) is 0 Å². The van der Waals surface area contributed by atoms with E-state index in [9.17, 15) is 10.0 Å². The minimum Gasteiger partial charge on any atom is -0.461 e. The van der Waals surface area contributed by atoms with E-state index in [1.54, 1.807) is 6.92 Å². The summed E-state index contributed by atoms with van der Waals surface area (Å²) in [5, 5.41) is 13.3. The van der Waals surface area contributed by atoms with Crippen LogP contribution in [0, 0.1) is 34.0 Å². The lowest BCUT2D eigenvalue weighted by Crippen LogP contribution is -2.52. The van der Waals surface area contributed by atoms with Crippen LogP contribution in [-0.2, 0) is 9.53 Å². The largest absolute Gasteiger partial charge is 0.461 e. The summed E-state index contributed by atoms with van der Waals surface area (Å²) in [6.45, 7) is 6.07. The third kappa shape index (κ3) is 2.83. The first-order valence-corrected chi connectivity index (χ1v) is 13.0. The van der Waals surface area contributed by atoms with Crippen molar-refractivity contribution in [3.05, 3.63) is 0 Å². The van der Waals surface area contributed by atoms with E-state index in [0.717, 1.165) is 49.3 Å². The highest BCUT2D eigenvalue weighted by atomic mass is 16.5. The fourth-order valence-corrected chi connectivity index (χ4v) is 10.0. The number of nitrogens with zero attached hydrogens (tertiary/aromatic N) is 2. The smallest absolute Gasteiger partial charge is 0.302 e. The molecule has 0 bridgehead atoms. The SMILES string of the molecule is CC(=O)O[C@@H]1CCCN(C2CC[C@@]34C[C@@]3(CC[C@@H]3[C@@H]4CC[C@]4(C)C(=NO)CC[C@@H]34)C2)C1. The Morgan fingerprint density at radius 1 is 1.13 bits per heavy atom. The zero-order valence-electron chi connectivity index (χ0n) is 19.4. The topological polar surface area (TPSA) is 62.1 Å². The molecule has 0 radical (unpaired) electrons. The molecule has 5 aliphatic carbocycles. The monoisotopic (exact) mass is 428 g/mol. The summed E-state index contributed by atoms with van der Waals surface area (Å²) >= 11 is 0. The molecule has 5 heteroatoms. The van der Waals surface area contributed by atoms with Crippen LogP contribution in [0.2, 0.25) is 0 Å². The lowest BCUT2D eigenvalue weighted by molar-refractivity contribution is -0.149. The van der Waals surface area contributed by atoms with E-state index in [-0.39, 0.29) is 17.5 Å². The van der Waals surface area contributed by atoms with E-state index in [2.05, 4.69) is 17.0 Å². The number of likely N-dealkylation sites (tertiary alicyclic amines) is 1. The van der Waals surface area contributed by atoms with Gasteiger partial charge in [-0.15, -0.1) is 0 Å². The molecule has 5 nitrogen and oxygen atoms in total. The number of carbonyl (C=O) groups excluding carboxylic acids is 1. The average Bonchev–Trinajstić information content (AvgIpc) is 3.33. The molecule has 6 rings (SSSR count). The van der Waals surface area contributed by atoms with Crippen molar-refractivity contribution < 1.29 is 14.7 Å². The van der Waals surface area contributed by atoms with Gasteiger partial charge in [-0.25, -0.2) is 0 Å². The summed E-state index contributed by atoms with van der Waals surface area (Å²) < 4.78 is 5.58. The molecule has 0 spiro atoms. The lowest BCUT2D eigenvalue weighted by atomic mass is 9.50. The molecule has 8 atom stereocenters. The molecular formula is C26H40N2O3. The molecule has 1 saturated heterocycles. The zero-order chi connectivity index (χ0) is 21.4. The molecule has 6 fully saturated rings. The Hall–Kier alpha value is -1.10.